The Labute approximate surface area is 52.3 Å². The Balaban J connectivity index is 2.70. The highest BCUT2D eigenvalue weighted by atomic mass is 19.3. The van der Waals surface area contributed by atoms with E-state index in [-0.39, 0.29) is 6.42 Å². The molecule has 0 N–H and O–H groups in total. The van der Waals surface area contributed by atoms with Crippen LogP contribution in [0, 0.1) is 0 Å². The molecule has 1 rings (SSSR count). The van der Waals surface area contributed by atoms with E-state index in [1.54, 1.807) is 13.8 Å². The van der Waals surface area contributed by atoms with E-state index in [9.17, 15) is 8.78 Å². The van der Waals surface area contributed by atoms with Crippen LogP contribution in [0.4, 0.5) is 8.78 Å². The molecule has 0 unspecified atom stereocenters. The molecule has 0 radical (unpaired) electrons. The highest BCUT2D eigenvalue weighted by molar-refractivity contribution is 5.10. The van der Waals surface area contributed by atoms with Gasteiger partial charge in [0.25, 0.3) is 0 Å². The average Bonchev–Trinajstić information content (AvgIpc) is 1.79. The Kier molecular flexibility index (Phi) is 1.22. The Morgan fingerprint density at radius 2 is 2.00 bits per heavy atom. The van der Waals surface area contributed by atoms with Crippen LogP contribution in [-0.4, -0.2) is 6.11 Å². The predicted molar refractivity (Wildman–Crippen MR) is 29.0 cm³/mol. The zero-order valence-corrected chi connectivity index (χ0v) is 5.37. The van der Waals surface area contributed by atoms with E-state index in [1.165, 1.54) is 0 Å². The van der Waals surface area contributed by atoms with Crippen molar-refractivity contribution >= 4 is 0 Å². The minimum atomic E-state index is -2.94. The van der Waals surface area contributed by atoms with Gasteiger partial charge in [-0.2, -0.15) is 8.78 Å². The lowest BCUT2D eigenvalue weighted by Gasteiger charge is -2.07. The average molecular weight is 134 g/mol. The zero-order valence-electron chi connectivity index (χ0n) is 5.37. The first kappa shape index (κ1) is 6.52. The summed E-state index contributed by atoms with van der Waals surface area (Å²) in [7, 11) is 0. The molecule has 52 valence electrons. The molecule has 0 atom stereocenters. The number of hydrogen-bond acceptors (Lipinski definition) is 1. The van der Waals surface area contributed by atoms with E-state index in [1.807, 2.05) is 0 Å². The molecule has 0 aliphatic carbocycles. The van der Waals surface area contributed by atoms with Crippen LogP contribution < -0.4 is 0 Å². The van der Waals surface area contributed by atoms with E-state index >= 15 is 0 Å². The van der Waals surface area contributed by atoms with Crippen molar-refractivity contribution in [2.75, 3.05) is 0 Å². The van der Waals surface area contributed by atoms with Crippen LogP contribution in [0.3, 0.4) is 0 Å². The fraction of sp³-hybridized carbons (Fsp3) is 0.667. The van der Waals surface area contributed by atoms with Crippen LogP contribution in [0.1, 0.15) is 20.3 Å². The number of halogens is 2. The summed E-state index contributed by atoms with van der Waals surface area (Å²) in [4.78, 5) is 0. The molecule has 0 saturated carbocycles. The number of allylic oxidation sites excluding steroid dienone is 1. The standard InChI is InChI=1S/C6H8F2O/c1-4-3-6(7,8)9-5(4)2/h3H2,1-2H3. The van der Waals surface area contributed by atoms with E-state index in [0.29, 0.717) is 11.3 Å². The quantitative estimate of drug-likeness (QED) is 0.494. The van der Waals surface area contributed by atoms with Gasteiger partial charge in [0.2, 0.25) is 0 Å². The lowest BCUT2D eigenvalue weighted by molar-refractivity contribution is -0.196. The van der Waals surface area contributed by atoms with Crippen LogP contribution in [0.5, 0.6) is 0 Å². The maximum Gasteiger partial charge on any atom is 0.401 e. The normalized spacial score (nSPS) is 24.4. The lowest BCUT2D eigenvalue weighted by atomic mass is 10.2. The monoisotopic (exact) mass is 134 g/mol. The minimum absolute atomic E-state index is 0.251. The Morgan fingerprint density at radius 1 is 1.44 bits per heavy atom. The van der Waals surface area contributed by atoms with Crippen molar-refractivity contribution in [2.24, 2.45) is 0 Å². The van der Waals surface area contributed by atoms with Gasteiger partial charge in [-0.25, -0.2) is 0 Å². The van der Waals surface area contributed by atoms with Crippen LogP contribution in [0.25, 0.3) is 0 Å². The molecule has 9 heavy (non-hydrogen) atoms. The van der Waals surface area contributed by atoms with E-state index < -0.39 is 6.11 Å². The first-order chi connectivity index (χ1) is 4.01. The molecule has 0 aromatic carbocycles. The molecule has 0 aromatic heterocycles. The number of alkyl halides is 2. The SMILES string of the molecule is CC1=C(C)OC(F)(F)C1. The molecule has 0 bridgehead atoms. The lowest BCUT2D eigenvalue weighted by Crippen LogP contribution is -2.12. The summed E-state index contributed by atoms with van der Waals surface area (Å²) in [5.41, 5.74) is 0.639. The molecular weight excluding hydrogens is 126 g/mol. The third-order valence-electron chi connectivity index (χ3n) is 1.37. The molecule has 0 saturated heterocycles. The number of hydrogen-bond donors (Lipinski definition) is 0. The molecule has 1 aliphatic heterocycles. The number of rotatable bonds is 0. The highest BCUT2D eigenvalue weighted by Gasteiger charge is 2.37. The van der Waals surface area contributed by atoms with Gasteiger partial charge in [0.05, 0.1) is 12.2 Å². The second-order valence-corrected chi connectivity index (χ2v) is 2.25. The minimum Gasteiger partial charge on any atom is -0.437 e. The fourth-order valence-electron chi connectivity index (χ4n) is 0.780. The second kappa shape index (κ2) is 1.69. The van der Waals surface area contributed by atoms with Crippen molar-refractivity contribution < 1.29 is 13.5 Å². The first-order valence-corrected chi connectivity index (χ1v) is 2.74. The third-order valence-corrected chi connectivity index (χ3v) is 1.37. The summed E-state index contributed by atoms with van der Waals surface area (Å²) in [6.07, 6.45) is -3.19. The molecule has 1 aliphatic rings. The van der Waals surface area contributed by atoms with E-state index in [2.05, 4.69) is 4.74 Å². The maximum atomic E-state index is 12.2. The van der Waals surface area contributed by atoms with Gasteiger partial charge in [0, 0.05) is 0 Å². The molecule has 0 aromatic rings. The Hall–Kier alpha value is -0.600. The van der Waals surface area contributed by atoms with Crippen LogP contribution >= 0.6 is 0 Å². The molecule has 1 heterocycles. The third kappa shape index (κ3) is 1.20. The molecule has 0 spiro atoms. The summed E-state index contributed by atoms with van der Waals surface area (Å²) in [5.74, 6) is 0.361. The van der Waals surface area contributed by atoms with Gasteiger partial charge in [0.15, 0.2) is 0 Å². The summed E-state index contributed by atoms with van der Waals surface area (Å²) in [6, 6.07) is 0. The predicted octanol–water partition coefficient (Wildman–Crippen LogP) is 2.29. The van der Waals surface area contributed by atoms with E-state index in [0.717, 1.165) is 0 Å². The van der Waals surface area contributed by atoms with Crippen molar-refractivity contribution in [3.8, 4) is 0 Å². The first-order valence-electron chi connectivity index (χ1n) is 2.74. The van der Waals surface area contributed by atoms with Crippen LogP contribution in [-0.2, 0) is 4.74 Å². The Morgan fingerprint density at radius 3 is 2.11 bits per heavy atom. The van der Waals surface area contributed by atoms with Gasteiger partial charge in [-0.1, -0.05) is 0 Å². The van der Waals surface area contributed by atoms with Gasteiger partial charge < -0.3 is 4.74 Å². The molecular formula is C6H8F2O. The molecule has 3 heteroatoms. The van der Waals surface area contributed by atoms with Crippen LogP contribution in [0.2, 0.25) is 0 Å². The summed E-state index contributed by atoms with van der Waals surface area (Å²) in [6.45, 7) is 3.20. The largest absolute Gasteiger partial charge is 0.437 e. The van der Waals surface area contributed by atoms with Gasteiger partial charge in [0.1, 0.15) is 0 Å². The number of ether oxygens (including phenoxy) is 1. The van der Waals surface area contributed by atoms with Crippen molar-refractivity contribution in [3.63, 3.8) is 0 Å². The van der Waals surface area contributed by atoms with Crippen molar-refractivity contribution in [3.05, 3.63) is 11.3 Å². The fourth-order valence-corrected chi connectivity index (χ4v) is 0.780. The topological polar surface area (TPSA) is 9.23 Å². The van der Waals surface area contributed by atoms with Gasteiger partial charge in [-0.3, -0.25) is 0 Å². The summed E-state index contributed by atoms with van der Waals surface area (Å²) < 4.78 is 28.6. The van der Waals surface area contributed by atoms with Gasteiger partial charge in [-0.15, -0.1) is 0 Å². The summed E-state index contributed by atoms with van der Waals surface area (Å²) >= 11 is 0. The Bertz CT molecular complexity index is 144. The van der Waals surface area contributed by atoms with Gasteiger partial charge >= 0.3 is 6.11 Å². The molecule has 0 fully saturated rings. The molecule has 1 nitrogen and oxygen atoms in total. The highest BCUT2D eigenvalue weighted by Crippen LogP contribution is 2.35. The van der Waals surface area contributed by atoms with Crippen molar-refractivity contribution in [1.82, 2.24) is 0 Å². The second-order valence-electron chi connectivity index (χ2n) is 2.25. The molecule has 0 amide bonds. The zero-order chi connectivity index (χ0) is 7.07. The van der Waals surface area contributed by atoms with E-state index in [4.69, 9.17) is 0 Å². The van der Waals surface area contributed by atoms with Crippen molar-refractivity contribution in [1.29, 1.82) is 0 Å². The smallest absolute Gasteiger partial charge is 0.401 e. The van der Waals surface area contributed by atoms with Crippen LogP contribution in [0.15, 0.2) is 11.3 Å². The van der Waals surface area contributed by atoms with Gasteiger partial charge in [-0.05, 0) is 19.4 Å². The maximum absolute atomic E-state index is 12.2. The van der Waals surface area contributed by atoms with Crippen molar-refractivity contribution in [2.45, 2.75) is 26.4 Å². The summed E-state index contributed by atoms with van der Waals surface area (Å²) in [5, 5.41) is 0.